The van der Waals surface area contributed by atoms with Gasteiger partial charge in [0.15, 0.2) is 0 Å². The van der Waals surface area contributed by atoms with E-state index in [9.17, 15) is 0 Å². The van der Waals surface area contributed by atoms with Gasteiger partial charge < -0.3 is 14.2 Å². The molecular weight excluding hydrogens is 436 g/mol. The normalized spacial score (nSPS) is 11.0. The summed E-state index contributed by atoms with van der Waals surface area (Å²) < 4.78 is 18.4. The predicted octanol–water partition coefficient (Wildman–Crippen LogP) is 5.07. The van der Waals surface area contributed by atoms with Crippen LogP contribution in [-0.4, -0.2) is 40.9 Å². The minimum atomic E-state index is 0.503. The summed E-state index contributed by atoms with van der Waals surface area (Å²) in [6.07, 6.45) is 0. The molecule has 7 nitrogen and oxygen atoms in total. The van der Waals surface area contributed by atoms with Gasteiger partial charge in [-0.05, 0) is 30.7 Å². The Morgan fingerprint density at radius 3 is 2.35 bits per heavy atom. The van der Waals surface area contributed by atoms with Gasteiger partial charge in [-0.3, -0.25) is 0 Å². The largest absolute Gasteiger partial charge is 0.496 e. The Morgan fingerprint density at radius 2 is 1.71 bits per heavy atom. The van der Waals surface area contributed by atoms with E-state index in [1.807, 2.05) is 49.4 Å². The van der Waals surface area contributed by atoms with E-state index in [0.29, 0.717) is 39.0 Å². The minimum absolute atomic E-state index is 0.503. The minimum Gasteiger partial charge on any atom is -0.496 e. The number of methoxy groups -OCH3 is 3. The average molecular weight is 457 g/mol. The number of hydrogen-bond acceptors (Lipinski definition) is 7. The highest BCUT2D eigenvalue weighted by Crippen LogP contribution is 2.42. The van der Waals surface area contributed by atoms with Crippen molar-refractivity contribution in [1.82, 2.24) is 19.6 Å². The first-order chi connectivity index (χ1) is 15.0. The Bertz CT molecular complexity index is 1220. The summed E-state index contributed by atoms with van der Waals surface area (Å²) in [7, 11) is 4.82. The summed E-state index contributed by atoms with van der Waals surface area (Å²) in [5, 5.41) is 6.02. The van der Waals surface area contributed by atoms with E-state index in [1.54, 1.807) is 25.8 Å². The fourth-order valence-corrected chi connectivity index (χ4v) is 4.21. The van der Waals surface area contributed by atoms with Crippen LogP contribution in [-0.2, 0) is 5.75 Å². The summed E-state index contributed by atoms with van der Waals surface area (Å²) in [4.78, 5) is 9.15. The molecule has 9 heteroatoms. The fourth-order valence-electron chi connectivity index (χ4n) is 3.24. The molecule has 2 aromatic heterocycles. The Balaban J connectivity index is 1.79. The van der Waals surface area contributed by atoms with Crippen LogP contribution in [0.4, 0.5) is 0 Å². The van der Waals surface area contributed by atoms with E-state index < -0.39 is 0 Å². The maximum Gasteiger partial charge on any atom is 0.253 e. The highest BCUT2D eigenvalue weighted by Gasteiger charge is 2.20. The Hall–Kier alpha value is -2.97. The number of thioether (sulfide) groups is 1. The molecule has 160 valence electrons. The van der Waals surface area contributed by atoms with Gasteiger partial charge in [-0.2, -0.15) is 9.50 Å². The molecule has 0 unspecified atom stereocenters. The van der Waals surface area contributed by atoms with Gasteiger partial charge in [-0.1, -0.05) is 35.5 Å². The molecule has 0 aliphatic carbocycles. The van der Waals surface area contributed by atoms with Crippen LogP contribution in [0.1, 0.15) is 11.3 Å². The molecule has 2 aromatic carbocycles. The number of aryl methyl sites for hydroxylation is 1. The number of nitrogens with zero attached hydrogens (tertiary/aromatic N) is 4. The lowest BCUT2D eigenvalue weighted by Gasteiger charge is -2.16. The third-order valence-electron chi connectivity index (χ3n) is 4.65. The fraction of sp³-hybridized carbons (Fsp3) is 0.227. The standard InChI is InChI=1S/C22H21ClN4O3S/c1-13-8-17(20-18(29-3)10-16(28-2)11-19(20)30-4)27-21(24-13)25-22(26-27)31-12-14-6-5-7-15(23)9-14/h5-11H,12H2,1-4H3. The van der Waals surface area contributed by atoms with Crippen molar-refractivity contribution in [1.29, 1.82) is 0 Å². The van der Waals surface area contributed by atoms with Gasteiger partial charge >= 0.3 is 0 Å². The smallest absolute Gasteiger partial charge is 0.253 e. The highest BCUT2D eigenvalue weighted by molar-refractivity contribution is 7.98. The van der Waals surface area contributed by atoms with E-state index in [4.69, 9.17) is 30.9 Å². The molecule has 0 aliphatic heterocycles. The second-order valence-electron chi connectivity index (χ2n) is 6.71. The van der Waals surface area contributed by atoms with Crippen LogP contribution in [0.5, 0.6) is 17.2 Å². The van der Waals surface area contributed by atoms with Crippen LogP contribution in [0.3, 0.4) is 0 Å². The van der Waals surface area contributed by atoms with Crippen molar-refractivity contribution in [3.63, 3.8) is 0 Å². The molecule has 0 aliphatic rings. The van der Waals surface area contributed by atoms with E-state index in [0.717, 1.165) is 22.5 Å². The number of aromatic nitrogens is 4. The van der Waals surface area contributed by atoms with Crippen LogP contribution in [0.15, 0.2) is 47.6 Å². The van der Waals surface area contributed by atoms with Crippen LogP contribution in [0, 0.1) is 6.92 Å². The SMILES string of the molecule is COc1cc(OC)c(-c2cc(C)nc3nc(SCc4cccc(Cl)c4)nn23)c(OC)c1. The van der Waals surface area contributed by atoms with E-state index in [2.05, 4.69) is 9.97 Å². The Morgan fingerprint density at radius 1 is 0.968 bits per heavy atom. The molecule has 0 radical (unpaired) electrons. The number of benzene rings is 2. The summed E-state index contributed by atoms with van der Waals surface area (Å²) in [6.45, 7) is 1.92. The first kappa shape index (κ1) is 21.3. The van der Waals surface area contributed by atoms with Crippen molar-refractivity contribution in [3.8, 4) is 28.5 Å². The predicted molar refractivity (Wildman–Crippen MR) is 122 cm³/mol. The van der Waals surface area contributed by atoms with Gasteiger partial charge in [0.1, 0.15) is 17.2 Å². The number of ether oxygens (including phenoxy) is 3. The average Bonchev–Trinajstić information content (AvgIpc) is 3.19. The topological polar surface area (TPSA) is 70.8 Å². The molecular formula is C22H21ClN4O3S. The molecule has 4 rings (SSSR count). The Labute approximate surface area is 189 Å². The molecule has 0 fully saturated rings. The van der Waals surface area contributed by atoms with Crippen LogP contribution in [0.25, 0.3) is 17.0 Å². The van der Waals surface area contributed by atoms with E-state index >= 15 is 0 Å². The van der Waals surface area contributed by atoms with E-state index in [-0.39, 0.29) is 0 Å². The summed E-state index contributed by atoms with van der Waals surface area (Å²) in [5.74, 6) is 3.04. The first-order valence-corrected chi connectivity index (χ1v) is 10.8. The van der Waals surface area contributed by atoms with Gasteiger partial charge in [0, 0.05) is 28.6 Å². The second kappa shape index (κ2) is 9.03. The van der Waals surface area contributed by atoms with Crippen molar-refractivity contribution < 1.29 is 14.2 Å². The lowest BCUT2D eigenvalue weighted by Crippen LogP contribution is -2.02. The maximum atomic E-state index is 6.09. The second-order valence-corrected chi connectivity index (χ2v) is 8.09. The van der Waals surface area contributed by atoms with Crippen molar-refractivity contribution in [3.05, 3.63) is 58.7 Å². The van der Waals surface area contributed by atoms with Gasteiger partial charge in [-0.25, -0.2) is 4.98 Å². The van der Waals surface area contributed by atoms with Crippen LogP contribution < -0.4 is 14.2 Å². The zero-order valence-electron chi connectivity index (χ0n) is 17.5. The molecule has 0 saturated heterocycles. The highest BCUT2D eigenvalue weighted by atomic mass is 35.5. The zero-order chi connectivity index (χ0) is 22.0. The first-order valence-electron chi connectivity index (χ1n) is 9.44. The van der Waals surface area contributed by atoms with Crippen LogP contribution in [0.2, 0.25) is 5.02 Å². The molecule has 4 aromatic rings. The maximum absolute atomic E-state index is 6.09. The summed E-state index contributed by atoms with van der Waals surface area (Å²) in [5.41, 5.74) is 3.42. The van der Waals surface area contributed by atoms with E-state index in [1.165, 1.54) is 11.8 Å². The number of hydrogen-bond donors (Lipinski definition) is 0. The molecule has 0 saturated carbocycles. The summed E-state index contributed by atoms with van der Waals surface area (Å²) in [6, 6.07) is 13.3. The Kier molecular flexibility index (Phi) is 6.20. The number of fused-ring (bicyclic) bond motifs is 1. The molecule has 31 heavy (non-hydrogen) atoms. The van der Waals surface area contributed by atoms with Crippen molar-refractivity contribution >= 4 is 29.1 Å². The molecule has 0 spiro atoms. The van der Waals surface area contributed by atoms with Crippen molar-refractivity contribution in [2.24, 2.45) is 0 Å². The molecule has 0 N–H and O–H groups in total. The molecule has 0 atom stereocenters. The number of rotatable bonds is 7. The van der Waals surface area contributed by atoms with Gasteiger partial charge in [0.2, 0.25) is 5.16 Å². The van der Waals surface area contributed by atoms with Crippen molar-refractivity contribution in [2.45, 2.75) is 17.8 Å². The molecule has 0 bridgehead atoms. The van der Waals surface area contributed by atoms with Gasteiger partial charge in [-0.15, -0.1) is 5.10 Å². The number of halogens is 1. The third-order valence-corrected chi connectivity index (χ3v) is 5.79. The lowest BCUT2D eigenvalue weighted by atomic mass is 10.1. The molecule has 0 amide bonds. The third kappa shape index (κ3) is 4.40. The van der Waals surface area contributed by atoms with Crippen molar-refractivity contribution in [2.75, 3.05) is 21.3 Å². The summed E-state index contributed by atoms with van der Waals surface area (Å²) >= 11 is 7.61. The molecule has 2 heterocycles. The van der Waals surface area contributed by atoms with Gasteiger partial charge in [0.25, 0.3) is 5.78 Å². The monoisotopic (exact) mass is 456 g/mol. The zero-order valence-corrected chi connectivity index (χ0v) is 19.1. The lowest BCUT2D eigenvalue weighted by molar-refractivity contribution is 0.377. The van der Waals surface area contributed by atoms with Gasteiger partial charge in [0.05, 0.1) is 32.6 Å². The quantitative estimate of drug-likeness (QED) is 0.359. The van der Waals surface area contributed by atoms with Crippen LogP contribution >= 0.6 is 23.4 Å².